The van der Waals surface area contributed by atoms with Gasteiger partial charge in [0.1, 0.15) is 6.61 Å². The highest BCUT2D eigenvalue weighted by atomic mass is 32.2. The molecule has 5 rings (SSSR count). The molecule has 7 atom stereocenters. The Balaban J connectivity index is 1.47. The van der Waals surface area contributed by atoms with Crippen LogP contribution in [0.15, 0.2) is 53.0 Å². The maximum absolute atomic E-state index is 14.2. The predicted molar refractivity (Wildman–Crippen MR) is 157 cm³/mol. The zero-order valence-corrected chi connectivity index (χ0v) is 26.3. The highest BCUT2D eigenvalue weighted by Crippen LogP contribution is 2.68. The summed E-state index contributed by atoms with van der Waals surface area (Å²) in [4.78, 5) is 39.3. The summed E-state index contributed by atoms with van der Waals surface area (Å²) < 4.78 is 42.5. The second-order valence-electron chi connectivity index (χ2n) is 13.6. The Morgan fingerprint density at radius 2 is 1.81 bits per heavy atom. The number of rotatable bonds is 8. The Morgan fingerprint density at radius 3 is 2.49 bits per heavy atom. The zero-order valence-electron chi connectivity index (χ0n) is 25.5. The summed E-state index contributed by atoms with van der Waals surface area (Å²) in [6.07, 6.45) is 5.52. The molecular weight excluding hydrogens is 572 g/mol. The molecule has 0 aromatic heterocycles. The number of hydrogen-bond donors (Lipinski definition) is 1. The topological polar surface area (TPSA) is 133 Å². The number of hydrogen-bond acceptors (Lipinski definition) is 9. The van der Waals surface area contributed by atoms with Crippen molar-refractivity contribution in [2.45, 2.75) is 83.3 Å². The molecular formula is C33H42O9S. The van der Waals surface area contributed by atoms with Crippen molar-refractivity contribution in [1.29, 1.82) is 0 Å². The first-order valence-corrected chi connectivity index (χ1v) is 16.5. The fourth-order valence-electron chi connectivity index (χ4n) is 8.42. The van der Waals surface area contributed by atoms with Crippen molar-refractivity contribution < 1.29 is 41.6 Å². The Labute approximate surface area is 253 Å². The molecule has 0 heterocycles. The van der Waals surface area contributed by atoms with Gasteiger partial charge < -0.3 is 14.6 Å². The maximum atomic E-state index is 14.2. The number of fused-ring (bicyclic) bond motifs is 5. The van der Waals surface area contributed by atoms with Gasteiger partial charge in [-0.25, -0.2) is 4.79 Å². The lowest BCUT2D eigenvalue weighted by atomic mass is 9.46. The first kappa shape index (κ1) is 31.6. The maximum Gasteiger partial charge on any atom is 0.509 e. The second kappa shape index (κ2) is 11.3. The van der Waals surface area contributed by atoms with E-state index in [1.807, 2.05) is 33.8 Å². The fraction of sp³-hybridized carbons (Fsp3) is 0.606. The Bertz CT molecular complexity index is 1460. The smallest absolute Gasteiger partial charge is 0.434 e. The molecule has 10 heteroatoms. The number of allylic oxidation sites excluding steroid dienone is 4. The van der Waals surface area contributed by atoms with Crippen molar-refractivity contribution in [2.75, 3.05) is 13.2 Å². The van der Waals surface area contributed by atoms with Crippen LogP contribution < -0.4 is 0 Å². The number of carbonyl (C=O) groups excluding carboxylic acids is 3. The minimum Gasteiger partial charge on any atom is -0.434 e. The summed E-state index contributed by atoms with van der Waals surface area (Å²) >= 11 is 0. The molecule has 9 nitrogen and oxygen atoms in total. The molecule has 4 aliphatic carbocycles. The highest BCUT2D eigenvalue weighted by molar-refractivity contribution is 7.86. The number of aliphatic hydroxyl groups is 1. The molecule has 1 aromatic carbocycles. The predicted octanol–water partition coefficient (Wildman–Crippen LogP) is 5.10. The van der Waals surface area contributed by atoms with Crippen LogP contribution in [0.2, 0.25) is 0 Å². The molecule has 1 unspecified atom stereocenters. The highest BCUT2D eigenvalue weighted by Gasteiger charge is 2.70. The molecule has 234 valence electrons. The van der Waals surface area contributed by atoms with Gasteiger partial charge in [0.15, 0.2) is 11.4 Å². The Kier molecular flexibility index (Phi) is 8.28. The number of carbonyl (C=O) groups is 3. The van der Waals surface area contributed by atoms with Crippen molar-refractivity contribution in [1.82, 2.24) is 0 Å². The van der Waals surface area contributed by atoms with E-state index >= 15 is 0 Å². The van der Waals surface area contributed by atoms with Crippen LogP contribution in [0.1, 0.15) is 65.4 Å². The molecule has 0 radical (unpaired) electrons. The van der Waals surface area contributed by atoms with Crippen LogP contribution in [0.3, 0.4) is 0 Å². The molecule has 0 aliphatic heterocycles. The van der Waals surface area contributed by atoms with Crippen LogP contribution in [0.5, 0.6) is 0 Å². The normalized spacial score (nSPS) is 35.0. The third kappa shape index (κ3) is 5.40. The van der Waals surface area contributed by atoms with Gasteiger partial charge in [-0.1, -0.05) is 57.0 Å². The SMILES string of the molecule is Cc1ccc(S(=O)(=O)OCC(=O)[C@@]2(OC(=O)OCC(C)C)CC[C@H]3[C@@H]4CCC5=CC(=O)C=C[C@]5(C)[C@H]4C(O)C[C@@]32C)cc1. The standard InChI is InChI=1S/C33H42O9S/c1-20(2)18-40-30(37)42-33(28(36)19-41-43(38,39)24-9-6-21(3)7-10-24)15-13-26-25-11-8-22-16-23(34)12-14-31(22,4)29(25)27(35)17-32(26,33)5/h6-7,9-10,12,14,16,20,25-27,29,35H,8,11,13,15,17-19H2,1-5H3/t25-,26-,27?,29+,31-,32-,33-/m0/s1. The molecule has 1 N–H and O–H groups in total. The number of benzene rings is 1. The molecule has 4 aliphatic rings. The van der Waals surface area contributed by atoms with E-state index in [2.05, 4.69) is 6.92 Å². The van der Waals surface area contributed by atoms with Gasteiger partial charge in [-0.2, -0.15) is 8.42 Å². The monoisotopic (exact) mass is 614 g/mol. The van der Waals surface area contributed by atoms with E-state index in [1.54, 1.807) is 24.3 Å². The fourth-order valence-corrected chi connectivity index (χ4v) is 9.29. The summed E-state index contributed by atoms with van der Waals surface area (Å²) in [7, 11) is -4.27. The van der Waals surface area contributed by atoms with Crippen molar-refractivity contribution in [3.63, 3.8) is 0 Å². The van der Waals surface area contributed by atoms with Crippen LogP contribution in [0.25, 0.3) is 0 Å². The first-order valence-electron chi connectivity index (χ1n) is 15.1. The molecule has 3 fully saturated rings. The van der Waals surface area contributed by atoms with Gasteiger partial charge >= 0.3 is 6.16 Å². The van der Waals surface area contributed by atoms with Crippen LogP contribution >= 0.6 is 0 Å². The molecule has 3 saturated carbocycles. The van der Waals surface area contributed by atoms with Crippen LogP contribution in [-0.4, -0.2) is 56.2 Å². The molecule has 0 saturated heterocycles. The molecule has 0 bridgehead atoms. The summed E-state index contributed by atoms with van der Waals surface area (Å²) in [6.45, 7) is 8.77. The van der Waals surface area contributed by atoms with Crippen LogP contribution in [0.4, 0.5) is 4.79 Å². The van der Waals surface area contributed by atoms with Crippen molar-refractivity contribution >= 4 is 27.8 Å². The molecule has 1 aromatic rings. The van der Waals surface area contributed by atoms with Crippen molar-refractivity contribution in [2.24, 2.45) is 34.5 Å². The summed E-state index contributed by atoms with van der Waals surface area (Å²) in [5, 5.41) is 11.8. The number of ether oxygens (including phenoxy) is 2. The van der Waals surface area contributed by atoms with Gasteiger partial charge in [0.2, 0.25) is 5.78 Å². The third-order valence-electron chi connectivity index (χ3n) is 10.5. The number of aliphatic hydroxyl groups excluding tert-OH is 1. The van der Waals surface area contributed by atoms with E-state index in [0.717, 1.165) is 11.1 Å². The van der Waals surface area contributed by atoms with E-state index < -0.39 is 51.2 Å². The lowest BCUT2D eigenvalue weighted by Gasteiger charge is -2.59. The van der Waals surface area contributed by atoms with E-state index in [4.69, 9.17) is 13.7 Å². The summed E-state index contributed by atoms with van der Waals surface area (Å²) in [6, 6.07) is 6.10. The average molecular weight is 615 g/mol. The van der Waals surface area contributed by atoms with Gasteiger partial charge in [-0.3, -0.25) is 13.8 Å². The van der Waals surface area contributed by atoms with Crippen LogP contribution in [0, 0.1) is 41.4 Å². The molecule has 0 spiro atoms. The number of ketones is 2. The van der Waals surface area contributed by atoms with Gasteiger partial charge in [-0.15, -0.1) is 0 Å². The first-order chi connectivity index (χ1) is 20.1. The van der Waals surface area contributed by atoms with Crippen molar-refractivity contribution in [3.05, 3.63) is 53.6 Å². The number of Topliss-reactive ketones (excluding diaryl/α,β-unsaturated/α-hetero) is 1. The van der Waals surface area contributed by atoms with Crippen LogP contribution in [-0.2, 0) is 33.4 Å². The van der Waals surface area contributed by atoms with E-state index in [0.29, 0.717) is 19.3 Å². The second-order valence-corrected chi connectivity index (χ2v) is 15.2. The Morgan fingerprint density at radius 1 is 1.12 bits per heavy atom. The quantitative estimate of drug-likeness (QED) is 0.314. The summed E-state index contributed by atoms with van der Waals surface area (Å²) in [5.74, 6) is -1.01. The lowest BCUT2D eigenvalue weighted by molar-refractivity contribution is -0.183. The minimum atomic E-state index is -4.27. The number of aryl methyl sites for hydroxylation is 1. The van der Waals surface area contributed by atoms with E-state index in [9.17, 15) is 27.9 Å². The van der Waals surface area contributed by atoms with Gasteiger partial charge in [0, 0.05) is 16.7 Å². The van der Waals surface area contributed by atoms with Gasteiger partial charge in [0.05, 0.1) is 17.6 Å². The summed E-state index contributed by atoms with van der Waals surface area (Å²) in [5.41, 5.74) is -1.39. The van der Waals surface area contributed by atoms with Crippen molar-refractivity contribution in [3.8, 4) is 0 Å². The zero-order chi connectivity index (χ0) is 31.4. The van der Waals surface area contributed by atoms with E-state index in [1.165, 1.54) is 12.1 Å². The van der Waals surface area contributed by atoms with Gasteiger partial charge in [-0.05, 0) is 81.1 Å². The molecule has 43 heavy (non-hydrogen) atoms. The largest absolute Gasteiger partial charge is 0.509 e. The Hall–Kier alpha value is -2.82. The third-order valence-corrected chi connectivity index (χ3v) is 11.8. The minimum absolute atomic E-state index is 0.0177. The van der Waals surface area contributed by atoms with Gasteiger partial charge in [0.25, 0.3) is 10.1 Å². The van der Waals surface area contributed by atoms with E-state index in [-0.39, 0.29) is 53.8 Å². The lowest BCUT2D eigenvalue weighted by Crippen LogP contribution is -2.63. The molecule has 0 amide bonds. The average Bonchev–Trinajstić information content (AvgIpc) is 3.23.